The van der Waals surface area contributed by atoms with Crippen LogP contribution in [-0.2, 0) is 9.59 Å². The van der Waals surface area contributed by atoms with Gasteiger partial charge < -0.3 is 10.2 Å². The van der Waals surface area contributed by atoms with Gasteiger partial charge in [-0.15, -0.1) is 0 Å². The molecule has 14 heavy (non-hydrogen) atoms. The third kappa shape index (κ3) is 10.4. The normalized spacial score (nSPS) is 11.1. The molecule has 0 amide bonds. The number of aliphatic carboxylic acids is 2. The summed E-state index contributed by atoms with van der Waals surface area (Å²) < 4.78 is 0. The molecule has 2 N–H and O–H groups in total. The molecule has 4 nitrogen and oxygen atoms in total. The SMILES string of the molecule is O=C(O)C/C=C/CC/C=C/CC(=O)O. The molecular weight excluding hydrogens is 184 g/mol. The van der Waals surface area contributed by atoms with Crippen LogP contribution in [-0.4, -0.2) is 22.2 Å². The first-order chi connectivity index (χ1) is 6.63. The summed E-state index contributed by atoms with van der Waals surface area (Å²) in [6.07, 6.45) is 8.30. The first-order valence-corrected chi connectivity index (χ1v) is 4.36. The van der Waals surface area contributed by atoms with E-state index < -0.39 is 11.9 Å². The second-order valence-electron chi connectivity index (χ2n) is 2.72. The van der Waals surface area contributed by atoms with Gasteiger partial charge in [0.1, 0.15) is 0 Å². The fourth-order valence-electron chi connectivity index (χ4n) is 0.796. The van der Waals surface area contributed by atoms with Crippen molar-refractivity contribution in [2.45, 2.75) is 25.7 Å². The Morgan fingerprint density at radius 2 is 1.14 bits per heavy atom. The third-order valence-electron chi connectivity index (χ3n) is 1.42. The third-order valence-corrected chi connectivity index (χ3v) is 1.42. The number of carbonyl (C=O) groups is 2. The molecule has 0 aliphatic heterocycles. The van der Waals surface area contributed by atoms with Gasteiger partial charge in [0, 0.05) is 0 Å². The average Bonchev–Trinajstić information content (AvgIpc) is 2.08. The summed E-state index contributed by atoms with van der Waals surface area (Å²) in [5.74, 6) is -1.69. The van der Waals surface area contributed by atoms with Gasteiger partial charge in [0.05, 0.1) is 12.8 Å². The number of rotatable bonds is 7. The van der Waals surface area contributed by atoms with E-state index in [2.05, 4.69) is 0 Å². The van der Waals surface area contributed by atoms with Crippen LogP contribution >= 0.6 is 0 Å². The second kappa shape index (κ2) is 8.04. The zero-order chi connectivity index (χ0) is 10.8. The highest BCUT2D eigenvalue weighted by Crippen LogP contribution is 1.95. The number of allylic oxidation sites excluding steroid dienone is 2. The largest absolute Gasteiger partial charge is 0.481 e. The van der Waals surface area contributed by atoms with Crippen molar-refractivity contribution in [1.29, 1.82) is 0 Å². The zero-order valence-corrected chi connectivity index (χ0v) is 7.85. The van der Waals surface area contributed by atoms with Crippen LogP contribution in [0.1, 0.15) is 25.7 Å². The van der Waals surface area contributed by atoms with Gasteiger partial charge >= 0.3 is 11.9 Å². The Hall–Kier alpha value is -1.58. The summed E-state index contributed by atoms with van der Waals surface area (Å²) in [5.41, 5.74) is 0. The summed E-state index contributed by atoms with van der Waals surface area (Å²) in [5, 5.41) is 16.6. The van der Waals surface area contributed by atoms with E-state index in [1.54, 1.807) is 24.3 Å². The topological polar surface area (TPSA) is 74.6 Å². The van der Waals surface area contributed by atoms with Crippen LogP contribution in [0.2, 0.25) is 0 Å². The van der Waals surface area contributed by atoms with Crippen LogP contribution in [0.5, 0.6) is 0 Å². The van der Waals surface area contributed by atoms with Crippen LogP contribution in [0.25, 0.3) is 0 Å². The van der Waals surface area contributed by atoms with E-state index in [4.69, 9.17) is 10.2 Å². The summed E-state index contributed by atoms with van der Waals surface area (Å²) in [6, 6.07) is 0. The predicted octanol–water partition coefficient (Wildman–Crippen LogP) is 1.83. The number of carboxylic acid groups (broad SMARTS) is 2. The number of hydrogen-bond acceptors (Lipinski definition) is 2. The van der Waals surface area contributed by atoms with E-state index in [1.807, 2.05) is 0 Å². The standard InChI is InChI=1S/C10H14O4/c11-9(12)7-5-3-1-2-4-6-8-10(13)14/h3-6H,1-2,7-8H2,(H,11,12)(H,13,14)/b5-3+,6-4+. The lowest BCUT2D eigenvalue weighted by atomic mass is 10.2. The molecule has 0 bridgehead atoms. The molecule has 0 aromatic rings. The van der Waals surface area contributed by atoms with Gasteiger partial charge in [-0.1, -0.05) is 24.3 Å². The van der Waals surface area contributed by atoms with Crippen molar-refractivity contribution in [1.82, 2.24) is 0 Å². The van der Waals surface area contributed by atoms with E-state index in [-0.39, 0.29) is 12.8 Å². The Kier molecular flexibility index (Phi) is 7.13. The Morgan fingerprint density at radius 1 is 0.786 bits per heavy atom. The smallest absolute Gasteiger partial charge is 0.307 e. The molecule has 0 saturated carbocycles. The average molecular weight is 198 g/mol. The van der Waals surface area contributed by atoms with E-state index in [0.717, 1.165) is 12.8 Å². The number of hydrogen-bond donors (Lipinski definition) is 2. The van der Waals surface area contributed by atoms with Gasteiger partial charge in [0.2, 0.25) is 0 Å². The van der Waals surface area contributed by atoms with Gasteiger partial charge in [-0.2, -0.15) is 0 Å². The molecule has 0 saturated heterocycles. The monoisotopic (exact) mass is 198 g/mol. The predicted molar refractivity (Wildman–Crippen MR) is 52.0 cm³/mol. The van der Waals surface area contributed by atoms with Gasteiger partial charge in [-0.25, -0.2) is 0 Å². The molecule has 0 unspecified atom stereocenters. The molecule has 0 spiro atoms. The maximum atomic E-state index is 10.1. The van der Waals surface area contributed by atoms with Crippen LogP contribution < -0.4 is 0 Å². The molecule has 4 heteroatoms. The van der Waals surface area contributed by atoms with E-state index in [1.165, 1.54) is 0 Å². The number of unbranched alkanes of at least 4 members (excludes halogenated alkanes) is 1. The minimum absolute atomic E-state index is 0.0405. The van der Waals surface area contributed by atoms with Gasteiger partial charge in [0.15, 0.2) is 0 Å². The van der Waals surface area contributed by atoms with Crippen LogP contribution in [0, 0.1) is 0 Å². The Balaban J connectivity index is 3.37. The summed E-state index contributed by atoms with van der Waals surface area (Å²) in [4.78, 5) is 20.2. The van der Waals surface area contributed by atoms with Crippen molar-refractivity contribution < 1.29 is 19.8 Å². The van der Waals surface area contributed by atoms with Crippen LogP contribution in [0.4, 0.5) is 0 Å². The Morgan fingerprint density at radius 3 is 1.43 bits per heavy atom. The van der Waals surface area contributed by atoms with Crippen LogP contribution in [0.3, 0.4) is 0 Å². The van der Waals surface area contributed by atoms with E-state index >= 15 is 0 Å². The fraction of sp³-hybridized carbons (Fsp3) is 0.400. The van der Waals surface area contributed by atoms with Crippen molar-refractivity contribution >= 4 is 11.9 Å². The van der Waals surface area contributed by atoms with E-state index in [0.29, 0.717) is 0 Å². The molecule has 0 aromatic heterocycles. The summed E-state index contributed by atoms with van der Waals surface area (Å²) in [7, 11) is 0. The first-order valence-electron chi connectivity index (χ1n) is 4.36. The molecule has 0 aromatic carbocycles. The lowest BCUT2D eigenvalue weighted by Gasteiger charge is -1.87. The summed E-state index contributed by atoms with van der Waals surface area (Å²) in [6.45, 7) is 0. The fourth-order valence-corrected chi connectivity index (χ4v) is 0.796. The molecule has 0 aliphatic carbocycles. The maximum absolute atomic E-state index is 10.1. The molecule has 0 fully saturated rings. The highest BCUT2D eigenvalue weighted by atomic mass is 16.4. The molecular formula is C10H14O4. The highest BCUT2D eigenvalue weighted by Gasteiger charge is 1.89. The number of carboxylic acids is 2. The Bertz CT molecular complexity index is 215. The van der Waals surface area contributed by atoms with Gasteiger partial charge in [0.25, 0.3) is 0 Å². The lowest BCUT2D eigenvalue weighted by molar-refractivity contribution is -0.137. The quantitative estimate of drug-likeness (QED) is 0.483. The summed E-state index contributed by atoms with van der Waals surface area (Å²) >= 11 is 0. The van der Waals surface area contributed by atoms with Gasteiger partial charge in [-0.3, -0.25) is 9.59 Å². The first kappa shape index (κ1) is 12.4. The Labute approximate surface area is 82.6 Å². The molecule has 78 valence electrons. The van der Waals surface area contributed by atoms with Crippen molar-refractivity contribution in [2.24, 2.45) is 0 Å². The zero-order valence-electron chi connectivity index (χ0n) is 7.85. The molecule has 0 aliphatic rings. The van der Waals surface area contributed by atoms with Crippen molar-refractivity contribution in [2.75, 3.05) is 0 Å². The lowest BCUT2D eigenvalue weighted by Crippen LogP contribution is -1.89. The van der Waals surface area contributed by atoms with Crippen molar-refractivity contribution in [3.8, 4) is 0 Å². The van der Waals surface area contributed by atoms with Crippen LogP contribution in [0.15, 0.2) is 24.3 Å². The highest BCUT2D eigenvalue weighted by molar-refractivity contribution is 5.68. The molecule has 0 atom stereocenters. The van der Waals surface area contributed by atoms with Gasteiger partial charge in [-0.05, 0) is 12.8 Å². The second-order valence-corrected chi connectivity index (χ2v) is 2.72. The maximum Gasteiger partial charge on any atom is 0.307 e. The van der Waals surface area contributed by atoms with Crippen molar-refractivity contribution in [3.63, 3.8) is 0 Å². The molecule has 0 rings (SSSR count). The molecule has 0 heterocycles. The minimum atomic E-state index is -0.845. The van der Waals surface area contributed by atoms with E-state index in [9.17, 15) is 9.59 Å². The minimum Gasteiger partial charge on any atom is -0.481 e. The molecule has 0 radical (unpaired) electrons. The van der Waals surface area contributed by atoms with Crippen molar-refractivity contribution in [3.05, 3.63) is 24.3 Å².